The maximum Gasteiger partial charge on any atom is 0.242 e. The lowest BCUT2D eigenvalue weighted by molar-refractivity contribution is -0.115. The number of anilines is 2. The van der Waals surface area contributed by atoms with Crippen LogP contribution in [-0.4, -0.2) is 25.3 Å². The number of sulfone groups is 1. The van der Waals surface area contributed by atoms with Crippen molar-refractivity contribution in [3.63, 3.8) is 0 Å². The van der Waals surface area contributed by atoms with Crippen molar-refractivity contribution in [3.8, 4) is 0 Å². The van der Waals surface area contributed by atoms with Gasteiger partial charge in [0.2, 0.25) is 5.91 Å². The first-order valence-electron chi connectivity index (χ1n) is 7.02. The molecule has 0 radical (unpaired) electrons. The summed E-state index contributed by atoms with van der Waals surface area (Å²) in [5.41, 5.74) is 7.63. The molecule has 21 heavy (non-hydrogen) atoms. The largest absolute Gasteiger partial charge is 0.399 e. The summed E-state index contributed by atoms with van der Waals surface area (Å²) < 4.78 is 24.2. The highest BCUT2D eigenvalue weighted by atomic mass is 32.2. The van der Waals surface area contributed by atoms with Gasteiger partial charge in [-0.2, -0.15) is 0 Å². The van der Waals surface area contributed by atoms with Crippen molar-refractivity contribution in [2.45, 2.75) is 39.4 Å². The maximum atomic E-state index is 12.1. The lowest BCUT2D eigenvalue weighted by Crippen LogP contribution is -2.34. The van der Waals surface area contributed by atoms with E-state index >= 15 is 0 Å². The number of carbonyl (C=O) groups is 1. The Balaban J connectivity index is 2.78. The Morgan fingerprint density at radius 2 is 1.90 bits per heavy atom. The molecular weight excluding hydrogens is 288 g/mol. The lowest BCUT2D eigenvalue weighted by atomic mass is 10.2. The van der Waals surface area contributed by atoms with Crippen LogP contribution in [0.25, 0.3) is 0 Å². The Morgan fingerprint density at radius 3 is 2.43 bits per heavy atom. The average molecular weight is 312 g/mol. The number of hydrogen-bond acceptors (Lipinski definition) is 4. The molecule has 0 bridgehead atoms. The van der Waals surface area contributed by atoms with Crippen molar-refractivity contribution < 1.29 is 13.2 Å². The van der Waals surface area contributed by atoms with Crippen LogP contribution in [0.1, 0.15) is 32.8 Å². The molecule has 0 aromatic heterocycles. The van der Waals surface area contributed by atoms with Gasteiger partial charge in [-0.3, -0.25) is 4.79 Å². The van der Waals surface area contributed by atoms with E-state index in [1.807, 2.05) is 20.8 Å². The normalized spacial score (nSPS) is 13.2. The van der Waals surface area contributed by atoms with Crippen LogP contribution >= 0.6 is 0 Å². The van der Waals surface area contributed by atoms with Crippen molar-refractivity contribution in [1.29, 1.82) is 0 Å². The molecule has 0 heterocycles. The third kappa shape index (κ3) is 5.04. The number of benzene rings is 1. The Bertz CT molecular complexity index is 609. The second-order valence-electron chi connectivity index (χ2n) is 5.76. The fourth-order valence-electron chi connectivity index (χ4n) is 1.80. The summed E-state index contributed by atoms with van der Waals surface area (Å²) in [4.78, 5) is 12.1. The summed E-state index contributed by atoms with van der Waals surface area (Å²) in [6, 6.07) is 5.07. The maximum absolute atomic E-state index is 12.1. The van der Waals surface area contributed by atoms with E-state index in [9.17, 15) is 13.2 Å². The molecule has 0 aliphatic heterocycles. The van der Waals surface area contributed by atoms with E-state index in [-0.39, 0.29) is 11.7 Å². The molecule has 0 aliphatic rings. The van der Waals surface area contributed by atoms with Crippen molar-refractivity contribution in [2.24, 2.45) is 5.92 Å². The van der Waals surface area contributed by atoms with Gasteiger partial charge >= 0.3 is 0 Å². The number of aryl methyl sites for hydroxylation is 1. The van der Waals surface area contributed by atoms with Crippen LogP contribution < -0.4 is 11.1 Å². The zero-order chi connectivity index (χ0) is 16.2. The fourth-order valence-corrected chi connectivity index (χ4v) is 3.34. The van der Waals surface area contributed by atoms with Crippen LogP contribution in [0.3, 0.4) is 0 Å². The van der Waals surface area contributed by atoms with E-state index in [4.69, 9.17) is 5.73 Å². The zero-order valence-electron chi connectivity index (χ0n) is 13.0. The number of nitrogens with one attached hydrogen (secondary N) is 1. The highest BCUT2D eigenvalue weighted by molar-refractivity contribution is 7.92. The van der Waals surface area contributed by atoms with E-state index in [1.54, 1.807) is 18.2 Å². The highest BCUT2D eigenvalue weighted by Gasteiger charge is 2.28. The van der Waals surface area contributed by atoms with Crippen LogP contribution in [0, 0.1) is 12.8 Å². The predicted molar refractivity (Wildman–Crippen MR) is 86.9 cm³/mol. The van der Waals surface area contributed by atoms with Gasteiger partial charge in [0.05, 0.1) is 5.75 Å². The zero-order valence-corrected chi connectivity index (χ0v) is 13.8. The third-order valence-electron chi connectivity index (χ3n) is 3.40. The molecule has 1 unspecified atom stereocenters. The van der Waals surface area contributed by atoms with Gasteiger partial charge in [0, 0.05) is 11.4 Å². The van der Waals surface area contributed by atoms with Crippen LogP contribution in [0.15, 0.2) is 18.2 Å². The SMILES string of the molecule is Cc1cc(N)ccc1NC(=O)C(C)S(=O)(=O)CCC(C)C. The molecule has 6 heteroatoms. The number of nitrogen functional groups attached to an aromatic ring is 1. The average Bonchev–Trinajstić information content (AvgIpc) is 2.38. The molecular formula is C15H24N2O3S. The number of carbonyl (C=O) groups excluding carboxylic acids is 1. The molecule has 1 aromatic rings. The molecule has 5 nitrogen and oxygen atoms in total. The topological polar surface area (TPSA) is 89.3 Å². The smallest absolute Gasteiger partial charge is 0.242 e. The summed E-state index contributed by atoms with van der Waals surface area (Å²) in [6.07, 6.45) is 0.556. The van der Waals surface area contributed by atoms with Gasteiger partial charge in [0.25, 0.3) is 0 Å². The number of rotatable bonds is 6. The van der Waals surface area contributed by atoms with Gasteiger partial charge in [0.15, 0.2) is 9.84 Å². The van der Waals surface area contributed by atoms with Gasteiger partial charge in [-0.1, -0.05) is 13.8 Å². The first-order valence-corrected chi connectivity index (χ1v) is 8.73. The van der Waals surface area contributed by atoms with Crippen molar-refractivity contribution in [2.75, 3.05) is 16.8 Å². The molecule has 0 fully saturated rings. The summed E-state index contributed by atoms with van der Waals surface area (Å²) in [7, 11) is -3.43. The minimum Gasteiger partial charge on any atom is -0.399 e. The molecule has 0 saturated carbocycles. The molecule has 1 aromatic carbocycles. The van der Waals surface area contributed by atoms with Gasteiger partial charge in [-0.25, -0.2) is 8.42 Å². The van der Waals surface area contributed by atoms with E-state index < -0.39 is 21.0 Å². The van der Waals surface area contributed by atoms with Crippen LogP contribution in [-0.2, 0) is 14.6 Å². The summed E-state index contributed by atoms with van der Waals surface area (Å²) in [6.45, 7) is 7.15. The fraction of sp³-hybridized carbons (Fsp3) is 0.533. The van der Waals surface area contributed by atoms with Crippen LogP contribution in [0.5, 0.6) is 0 Å². The standard InChI is InChI=1S/C15H24N2O3S/c1-10(2)7-8-21(19,20)12(4)15(18)17-14-6-5-13(16)9-11(14)3/h5-6,9-10,12H,7-8,16H2,1-4H3,(H,17,18). The van der Waals surface area contributed by atoms with Gasteiger partial charge in [-0.05, 0) is 49.9 Å². The second kappa shape index (κ2) is 6.93. The molecule has 0 spiro atoms. The third-order valence-corrected chi connectivity index (χ3v) is 5.49. The van der Waals surface area contributed by atoms with Gasteiger partial charge < -0.3 is 11.1 Å². The highest BCUT2D eigenvalue weighted by Crippen LogP contribution is 2.19. The van der Waals surface area contributed by atoms with E-state index in [0.29, 0.717) is 17.8 Å². The van der Waals surface area contributed by atoms with E-state index in [2.05, 4.69) is 5.32 Å². The van der Waals surface area contributed by atoms with Crippen LogP contribution in [0.2, 0.25) is 0 Å². The quantitative estimate of drug-likeness (QED) is 0.789. The molecule has 1 atom stereocenters. The first-order chi connectivity index (χ1) is 9.63. The van der Waals surface area contributed by atoms with Gasteiger partial charge in [0.1, 0.15) is 5.25 Å². The molecule has 0 saturated heterocycles. The number of amides is 1. The Labute approximate surface area is 126 Å². The monoisotopic (exact) mass is 312 g/mol. The van der Waals surface area contributed by atoms with E-state index in [1.165, 1.54) is 6.92 Å². The van der Waals surface area contributed by atoms with Crippen molar-refractivity contribution in [3.05, 3.63) is 23.8 Å². The molecule has 0 aliphatic carbocycles. The minimum atomic E-state index is -3.43. The summed E-state index contributed by atoms with van der Waals surface area (Å²) in [5.74, 6) is -0.194. The first kappa shape index (κ1) is 17.5. The predicted octanol–water partition coefficient (Wildman–Crippen LogP) is 2.37. The van der Waals surface area contributed by atoms with Gasteiger partial charge in [-0.15, -0.1) is 0 Å². The second-order valence-corrected chi connectivity index (χ2v) is 8.20. The minimum absolute atomic E-state index is 0.0278. The molecule has 3 N–H and O–H groups in total. The summed E-state index contributed by atoms with van der Waals surface area (Å²) in [5, 5.41) is 1.60. The van der Waals surface area contributed by atoms with Crippen molar-refractivity contribution in [1.82, 2.24) is 0 Å². The lowest BCUT2D eigenvalue weighted by Gasteiger charge is -2.15. The van der Waals surface area contributed by atoms with Crippen LogP contribution in [0.4, 0.5) is 11.4 Å². The van der Waals surface area contributed by atoms with E-state index in [0.717, 1.165) is 5.56 Å². The summed E-state index contributed by atoms with van der Waals surface area (Å²) >= 11 is 0. The molecule has 1 amide bonds. The van der Waals surface area contributed by atoms with Crippen molar-refractivity contribution >= 4 is 27.1 Å². The Kier molecular flexibility index (Phi) is 5.78. The number of nitrogens with two attached hydrogens (primary N) is 1. The number of hydrogen-bond donors (Lipinski definition) is 2. The Hall–Kier alpha value is -1.56. The Morgan fingerprint density at radius 1 is 1.29 bits per heavy atom. The molecule has 1 rings (SSSR count). The molecule has 118 valence electrons.